The number of thiol groups is 1. The minimum Gasteiger partial charge on any atom is -0.243 e. The molecular formula is C10H9ClN2S. The molecule has 0 fully saturated rings. The molecule has 0 aliphatic rings. The first kappa shape index (κ1) is 11.1. The van der Waals surface area contributed by atoms with Crippen LogP contribution in [0.5, 0.6) is 0 Å². The molecule has 14 heavy (non-hydrogen) atoms. The Hall–Kier alpha value is -0.980. The monoisotopic (exact) mass is 224 g/mol. The quantitative estimate of drug-likeness (QED) is 0.633. The van der Waals surface area contributed by atoms with Gasteiger partial charge >= 0.3 is 0 Å². The Morgan fingerprint density at radius 1 is 1.64 bits per heavy atom. The summed E-state index contributed by atoms with van der Waals surface area (Å²) in [6.45, 7) is 0. The van der Waals surface area contributed by atoms with Gasteiger partial charge in [0.25, 0.3) is 0 Å². The second kappa shape index (κ2) is 5.69. The molecule has 1 aromatic heterocycles. The van der Waals surface area contributed by atoms with Crippen molar-refractivity contribution in [3.05, 3.63) is 34.6 Å². The van der Waals surface area contributed by atoms with Gasteiger partial charge < -0.3 is 0 Å². The number of nitrogens with zero attached hydrogens (tertiary/aromatic N) is 2. The highest BCUT2D eigenvalue weighted by atomic mass is 35.5. The first-order valence-electron chi connectivity index (χ1n) is 4.11. The number of pyridine rings is 1. The van der Waals surface area contributed by atoms with Crippen molar-refractivity contribution < 1.29 is 0 Å². The molecule has 0 aliphatic heterocycles. The fraction of sp³-hybridized carbons (Fsp3) is 0.200. The van der Waals surface area contributed by atoms with E-state index in [4.69, 9.17) is 16.9 Å². The second-order valence-electron chi connectivity index (χ2n) is 2.63. The van der Waals surface area contributed by atoms with Crippen LogP contribution in [-0.4, -0.2) is 10.7 Å². The fourth-order valence-electron chi connectivity index (χ4n) is 0.928. The van der Waals surface area contributed by atoms with Crippen molar-refractivity contribution in [3.63, 3.8) is 0 Å². The van der Waals surface area contributed by atoms with Crippen molar-refractivity contribution >= 4 is 30.3 Å². The van der Waals surface area contributed by atoms with Gasteiger partial charge in [0.2, 0.25) is 0 Å². The van der Waals surface area contributed by atoms with E-state index in [1.807, 2.05) is 18.2 Å². The van der Waals surface area contributed by atoms with Crippen molar-refractivity contribution in [2.24, 2.45) is 0 Å². The van der Waals surface area contributed by atoms with Crippen molar-refractivity contribution in [3.8, 4) is 6.07 Å². The average Bonchev–Trinajstić information content (AvgIpc) is 2.21. The van der Waals surface area contributed by atoms with Crippen LogP contribution in [0.4, 0.5) is 0 Å². The van der Waals surface area contributed by atoms with Crippen molar-refractivity contribution in [2.75, 3.05) is 5.75 Å². The molecule has 0 aliphatic carbocycles. The Bertz CT molecular complexity index is 382. The predicted molar refractivity (Wildman–Crippen MR) is 61.5 cm³/mol. The fourth-order valence-corrected chi connectivity index (χ4v) is 1.22. The van der Waals surface area contributed by atoms with E-state index in [1.54, 1.807) is 12.3 Å². The zero-order valence-electron chi connectivity index (χ0n) is 7.44. The van der Waals surface area contributed by atoms with Gasteiger partial charge in [-0.05, 0) is 23.8 Å². The van der Waals surface area contributed by atoms with E-state index in [-0.39, 0.29) is 5.15 Å². The molecule has 0 aromatic carbocycles. The Labute approximate surface area is 93.6 Å². The largest absolute Gasteiger partial charge is 0.243 e. The molecule has 1 aromatic rings. The summed E-state index contributed by atoms with van der Waals surface area (Å²) >= 11 is 9.77. The zero-order chi connectivity index (χ0) is 10.4. The Morgan fingerprint density at radius 2 is 2.43 bits per heavy atom. The molecule has 0 bridgehead atoms. The van der Waals surface area contributed by atoms with E-state index in [0.717, 1.165) is 17.7 Å². The van der Waals surface area contributed by atoms with Gasteiger partial charge in [0.1, 0.15) is 11.2 Å². The molecule has 1 heterocycles. The highest BCUT2D eigenvalue weighted by Gasteiger charge is 1.99. The third-order valence-corrected chi connectivity index (χ3v) is 2.15. The molecule has 1 rings (SSSR count). The maximum Gasteiger partial charge on any atom is 0.146 e. The maximum atomic E-state index is 8.70. The number of aromatic nitrogens is 1. The first-order valence-corrected chi connectivity index (χ1v) is 5.12. The highest BCUT2D eigenvalue weighted by Crippen LogP contribution is 2.14. The van der Waals surface area contributed by atoms with Crippen molar-refractivity contribution in [1.82, 2.24) is 4.98 Å². The van der Waals surface area contributed by atoms with E-state index in [9.17, 15) is 0 Å². The van der Waals surface area contributed by atoms with Crippen LogP contribution < -0.4 is 0 Å². The van der Waals surface area contributed by atoms with Crippen molar-refractivity contribution in [1.29, 1.82) is 5.26 Å². The smallest absolute Gasteiger partial charge is 0.146 e. The third-order valence-electron chi connectivity index (χ3n) is 1.59. The van der Waals surface area contributed by atoms with Gasteiger partial charge in [0, 0.05) is 6.20 Å². The van der Waals surface area contributed by atoms with E-state index in [0.29, 0.717) is 5.56 Å². The summed E-state index contributed by atoms with van der Waals surface area (Å²) in [5, 5.41) is 8.95. The molecular weight excluding hydrogens is 216 g/mol. The Kier molecular flexibility index (Phi) is 4.51. The van der Waals surface area contributed by atoms with Crippen LogP contribution in [0.25, 0.3) is 6.08 Å². The van der Waals surface area contributed by atoms with Gasteiger partial charge in [-0.1, -0.05) is 23.8 Å². The molecule has 0 atom stereocenters. The minimum absolute atomic E-state index is 0.249. The number of rotatable bonds is 3. The van der Waals surface area contributed by atoms with Gasteiger partial charge in [-0.2, -0.15) is 17.9 Å². The summed E-state index contributed by atoms with van der Waals surface area (Å²) in [6.07, 6.45) is 6.42. The summed E-state index contributed by atoms with van der Waals surface area (Å²) < 4.78 is 0. The van der Waals surface area contributed by atoms with Crippen LogP contribution in [0.1, 0.15) is 17.5 Å². The maximum absolute atomic E-state index is 8.70. The molecule has 4 heteroatoms. The Morgan fingerprint density at radius 3 is 3.07 bits per heavy atom. The lowest BCUT2D eigenvalue weighted by atomic mass is 10.2. The molecule has 0 unspecified atom stereocenters. The molecule has 0 saturated carbocycles. The SMILES string of the molecule is N#Cc1cc(C=CCCS)cnc1Cl. The van der Waals surface area contributed by atoms with Gasteiger partial charge in [-0.3, -0.25) is 0 Å². The number of hydrogen-bond donors (Lipinski definition) is 1. The summed E-state index contributed by atoms with van der Waals surface area (Å²) in [6, 6.07) is 3.70. The predicted octanol–water partition coefficient (Wildman–Crippen LogP) is 2.94. The van der Waals surface area contributed by atoms with Gasteiger partial charge in [-0.25, -0.2) is 4.98 Å². The van der Waals surface area contributed by atoms with Gasteiger partial charge in [0.05, 0.1) is 5.56 Å². The standard InChI is InChI=1S/C10H9ClN2S/c11-10-9(6-12)5-8(7-13-10)3-1-2-4-14/h1,3,5,7,14H,2,4H2. The van der Waals surface area contributed by atoms with Crippen LogP contribution in [-0.2, 0) is 0 Å². The lowest BCUT2D eigenvalue weighted by molar-refractivity contribution is 1.25. The second-order valence-corrected chi connectivity index (χ2v) is 3.44. The average molecular weight is 225 g/mol. The van der Waals surface area contributed by atoms with Crippen LogP contribution in [0.2, 0.25) is 5.15 Å². The highest BCUT2D eigenvalue weighted by molar-refractivity contribution is 7.80. The third kappa shape index (κ3) is 3.06. The summed E-state index contributed by atoms with van der Waals surface area (Å²) in [4.78, 5) is 3.90. The molecule has 72 valence electrons. The minimum atomic E-state index is 0.249. The normalized spacial score (nSPS) is 10.4. The van der Waals surface area contributed by atoms with E-state index in [2.05, 4.69) is 17.6 Å². The van der Waals surface area contributed by atoms with E-state index in [1.165, 1.54) is 0 Å². The van der Waals surface area contributed by atoms with Crippen LogP contribution in [0, 0.1) is 11.3 Å². The molecule has 0 radical (unpaired) electrons. The number of halogens is 1. The topological polar surface area (TPSA) is 36.7 Å². The Balaban J connectivity index is 2.86. The van der Waals surface area contributed by atoms with Crippen molar-refractivity contribution in [2.45, 2.75) is 6.42 Å². The van der Waals surface area contributed by atoms with Crippen LogP contribution in [0.15, 0.2) is 18.3 Å². The molecule has 0 saturated heterocycles. The lowest BCUT2D eigenvalue weighted by Crippen LogP contribution is -1.84. The molecule has 0 N–H and O–H groups in total. The van der Waals surface area contributed by atoms with E-state index < -0.39 is 0 Å². The number of allylic oxidation sites excluding steroid dienone is 1. The first-order chi connectivity index (χ1) is 6.77. The molecule has 2 nitrogen and oxygen atoms in total. The molecule has 0 amide bonds. The lowest BCUT2D eigenvalue weighted by Gasteiger charge is -1.95. The van der Waals surface area contributed by atoms with Crippen LogP contribution in [0.3, 0.4) is 0 Å². The number of hydrogen-bond acceptors (Lipinski definition) is 3. The molecule has 0 spiro atoms. The van der Waals surface area contributed by atoms with Gasteiger partial charge in [-0.15, -0.1) is 0 Å². The summed E-state index contributed by atoms with van der Waals surface area (Å²) in [5.74, 6) is 0.808. The van der Waals surface area contributed by atoms with E-state index >= 15 is 0 Å². The van der Waals surface area contributed by atoms with Gasteiger partial charge in [0.15, 0.2) is 0 Å². The number of nitriles is 1. The summed E-state index contributed by atoms with van der Waals surface area (Å²) in [5.41, 5.74) is 1.28. The van der Waals surface area contributed by atoms with Crippen LogP contribution >= 0.6 is 24.2 Å². The summed E-state index contributed by atoms with van der Waals surface area (Å²) in [7, 11) is 0. The zero-order valence-corrected chi connectivity index (χ0v) is 9.09.